The minimum Gasteiger partial charge on any atom is -0.355 e. The summed E-state index contributed by atoms with van der Waals surface area (Å²) in [6.45, 7) is 10.7. The third kappa shape index (κ3) is 6.43. The molecule has 1 aromatic rings. The topological polar surface area (TPSA) is 55.9 Å². The van der Waals surface area contributed by atoms with Crippen LogP contribution in [0.4, 0.5) is 0 Å². The molecule has 0 spiro atoms. The fourth-order valence-corrected chi connectivity index (χ4v) is 4.38. The molecule has 2 aliphatic heterocycles. The molecule has 1 N–H and O–H groups in total. The standard InChI is InChI=1S/C22H33ClN4O2/c1-2-25-13-15-26(16-14-25)12-9-24-21(28)17-18-7-10-27(11-8-18)22(29)19-5-3-4-6-20(19)23/h3-6,18H,2,7-17H2,1H3,(H,24,28). The van der Waals surface area contributed by atoms with E-state index < -0.39 is 0 Å². The smallest absolute Gasteiger partial charge is 0.255 e. The zero-order chi connectivity index (χ0) is 20.6. The van der Waals surface area contributed by atoms with Crippen molar-refractivity contribution >= 4 is 23.4 Å². The molecule has 0 unspecified atom stereocenters. The molecule has 2 heterocycles. The van der Waals surface area contributed by atoms with Gasteiger partial charge in [0.25, 0.3) is 5.91 Å². The number of nitrogens with zero attached hydrogens (tertiary/aromatic N) is 3. The third-order valence-electron chi connectivity index (χ3n) is 6.14. The summed E-state index contributed by atoms with van der Waals surface area (Å²) in [4.78, 5) is 31.7. The van der Waals surface area contributed by atoms with Crippen LogP contribution in [0.1, 0.15) is 36.5 Å². The molecule has 6 nitrogen and oxygen atoms in total. The molecule has 1 aromatic carbocycles. The number of piperazine rings is 1. The molecule has 0 aromatic heterocycles. The van der Waals surface area contributed by atoms with Crippen molar-refractivity contribution in [3.05, 3.63) is 34.9 Å². The van der Waals surface area contributed by atoms with Crippen LogP contribution in [0, 0.1) is 5.92 Å². The Balaban J connectivity index is 1.32. The van der Waals surface area contributed by atoms with Gasteiger partial charge in [0.2, 0.25) is 5.91 Å². The van der Waals surface area contributed by atoms with Crippen molar-refractivity contribution in [2.75, 3.05) is 58.9 Å². The largest absolute Gasteiger partial charge is 0.355 e. The second kappa shape index (κ2) is 11.0. The van der Waals surface area contributed by atoms with Crippen LogP contribution in [0.5, 0.6) is 0 Å². The first kappa shape index (κ1) is 22.1. The van der Waals surface area contributed by atoms with Crippen LogP contribution in [0.25, 0.3) is 0 Å². The summed E-state index contributed by atoms with van der Waals surface area (Å²) in [5, 5.41) is 3.57. The van der Waals surface area contributed by atoms with Gasteiger partial charge in [-0.2, -0.15) is 0 Å². The van der Waals surface area contributed by atoms with Crippen molar-refractivity contribution in [2.45, 2.75) is 26.2 Å². The van der Waals surface area contributed by atoms with E-state index in [0.29, 0.717) is 36.0 Å². The third-order valence-corrected chi connectivity index (χ3v) is 6.47. The molecule has 160 valence electrons. The quantitative estimate of drug-likeness (QED) is 0.735. The number of piperidine rings is 1. The molecule has 7 heteroatoms. The molecule has 2 amide bonds. The van der Waals surface area contributed by atoms with Gasteiger partial charge in [-0.3, -0.25) is 14.5 Å². The van der Waals surface area contributed by atoms with Gasteiger partial charge in [-0.05, 0) is 37.4 Å². The number of likely N-dealkylation sites (N-methyl/N-ethyl adjacent to an activating group) is 1. The number of halogens is 1. The summed E-state index contributed by atoms with van der Waals surface area (Å²) in [5.41, 5.74) is 0.560. The van der Waals surface area contributed by atoms with Gasteiger partial charge in [-0.25, -0.2) is 0 Å². The predicted octanol–water partition coefficient (Wildman–Crippen LogP) is 2.34. The van der Waals surface area contributed by atoms with Crippen molar-refractivity contribution < 1.29 is 9.59 Å². The van der Waals surface area contributed by atoms with Crippen LogP contribution in [0.3, 0.4) is 0 Å². The van der Waals surface area contributed by atoms with Crippen LogP contribution in [0.15, 0.2) is 24.3 Å². The number of hydrogen-bond acceptors (Lipinski definition) is 4. The highest BCUT2D eigenvalue weighted by Crippen LogP contribution is 2.24. The van der Waals surface area contributed by atoms with Crippen molar-refractivity contribution in [1.82, 2.24) is 20.0 Å². The number of amides is 2. The van der Waals surface area contributed by atoms with Gasteiger partial charge in [0, 0.05) is 58.8 Å². The van der Waals surface area contributed by atoms with E-state index in [0.717, 1.165) is 58.7 Å². The molecular formula is C22H33ClN4O2. The summed E-state index contributed by atoms with van der Waals surface area (Å²) in [6, 6.07) is 7.18. The van der Waals surface area contributed by atoms with E-state index in [4.69, 9.17) is 11.6 Å². The second-order valence-corrected chi connectivity index (χ2v) is 8.45. The van der Waals surface area contributed by atoms with Crippen molar-refractivity contribution in [2.24, 2.45) is 5.92 Å². The number of likely N-dealkylation sites (tertiary alicyclic amines) is 1. The number of carbonyl (C=O) groups is 2. The Hall–Kier alpha value is -1.63. The Morgan fingerprint density at radius 3 is 2.34 bits per heavy atom. The average molecular weight is 421 g/mol. The van der Waals surface area contributed by atoms with E-state index in [1.807, 2.05) is 17.0 Å². The van der Waals surface area contributed by atoms with Gasteiger partial charge in [0.05, 0.1) is 10.6 Å². The highest BCUT2D eigenvalue weighted by Gasteiger charge is 2.26. The fourth-order valence-electron chi connectivity index (χ4n) is 4.16. The second-order valence-electron chi connectivity index (χ2n) is 8.05. The Labute approximate surface area is 179 Å². The maximum Gasteiger partial charge on any atom is 0.255 e. The number of nitrogens with one attached hydrogen (secondary N) is 1. The van der Waals surface area contributed by atoms with E-state index in [9.17, 15) is 9.59 Å². The molecule has 2 aliphatic rings. The fraction of sp³-hybridized carbons (Fsp3) is 0.636. The highest BCUT2D eigenvalue weighted by atomic mass is 35.5. The minimum atomic E-state index is -0.0123. The monoisotopic (exact) mass is 420 g/mol. The molecule has 0 atom stereocenters. The van der Waals surface area contributed by atoms with Gasteiger partial charge in [-0.15, -0.1) is 0 Å². The first-order valence-electron chi connectivity index (χ1n) is 10.8. The van der Waals surface area contributed by atoms with Gasteiger partial charge >= 0.3 is 0 Å². The summed E-state index contributed by atoms with van der Waals surface area (Å²) in [6.07, 6.45) is 2.28. The lowest BCUT2D eigenvalue weighted by molar-refractivity contribution is -0.122. The minimum absolute atomic E-state index is 0.0123. The lowest BCUT2D eigenvalue weighted by Gasteiger charge is -2.34. The average Bonchev–Trinajstić information content (AvgIpc) is 2.74. The van der Waals surface area contributed by atoms with E-state index in [1.54, 1.807) is 12.1 Å². The molecule has 29 heavy (non-hydrogen) atoms. The van der Waals surface area contributed by atoms with Gasteiger partial charge in [-0.1, -0.05) is 30.7 Å². The lowest BCUT2D eigenvalue weighted by atomic mass is 9.93. The number of hydrogen-bond donors (Lipinski definition) is 1. The first-order chi connectivity index (χ1) is 14.1. The lowest BCUT2D eigenvalue weighted by Crippen LogP contribution is -2.48. The van der Waals surface area contributed by atoms with E-state index in [-0.39, 0.29) is 11.8 Å². The van der Waals surface area contributed by atoms with Crippen LogP contribution in [0.2, 0.25) is 5.02 Å². The van der Waals surface area contributed by atoms with Crippen LogP contribution in [-0.2, 0) is 4.79 Å². The van der Waals surface area contributed by atoms with Crippen molar-refractivity contribution in [1.29, 1.82) is 0 Å². The van der Waals surface area contributed by atoms with E-state index in [1.165, 1.54) is 0 Å². The van der Waals surface area contributed by atoms with Crippen molar-refractivity contribution in [3.8, 4) is 0 Å². The summed E-state index contributed by atoms with van der Waals surface area (Å²) < 4.78 is 0. The number of carbonyl (C=O) groups excluding carboxylic acids is 2. The van der Waals surface area contributed by atoms with E-state index in [2.05, 4.69) is 22.0 Å². The molecule has 0 saturated carbocycles. The zero-order valence-corrected chi connectivity index (χ0v) is 18.2. The number of benzene rings is 1. The van der Waals surface area contributed by atoms with Crippen LogP contribution in [-0.4, -0.2) is 85.4 Å². The SMILES string of the molecule is CCN1CCN(CCNC(=O)CC2CCN(C(=O)c3ccccc3Cl)CC2)CC1. The molecular weight excluding hydrogens is 388 g/mol. The Morgan fingerprint density at radius 2 is 1.69 bits per heavy atom. The summed E-state index contributed by atoms with van der Waals surface area (Å²) in [5.74, 6) is 0.466. The van der Waals surface area contributed by atoms with Crippen molar-refractivity contribution in [3.63, 3.8) is 0 Å². The molecule has 0 aliphatic carbocycles. The zero-order valence-electron chi connectivity index (χ0n) is 17.4. The first-order valence-corrected chi connectivity index (χ1v) is 11.2. The van der Waals surface area contributed by atoms with E-state index >= 15 is 0 Å². The summed E-state index contributed by atoms with van der Waals surface area (Å²) >= 11 is 6.15. The Bertz CT molecular complexity index is 683. The maximum atomic E-state index is 12.6. The number of rotatable bonds is 7. The highest BCUT2D eigenvalue weighted by molar-refractivity contribution is 6.33. The normalized spacial score (nSPS) is 19.3. The van der Waals surface area contributed by atoms with Gasteiger partial charge in [0.1, 0.15) is 0 Å². The molecule has 2 fully saturated rings. The van der Waals surface area contributed by atoms with Gasteiger partial charge < -0.3 is 15.1 Å². The maximum absolute atomic E-state index is 12.6. The molecule has 3 rings (SSSR count). The summed E-state index contributed by atoms with van der Waals surface area (Å²) in [7, 11) is 0. The Morgan fingerprint density at radius 1 is 1.03 bits per heavy atom. The van der Waals surface area contributed by atoms with Crippen LogP contribution < -0.4 is 5.32 Å². The Kier molecular flexibility index (Phi) is 8.33. The van der Waals surface area contributed by atoms with Gasteiger partial charge in [0.15, 0.2) is 0 Å². The molecule has 0 radical (unpaired) electrons. The molecule has 2 saturated heterocycles. The molecule has 0 bridgehead atoms. The predicted molar refractivity (Wildman–Crippen MR) is 116 cm³/mol. The van der Waals surface area contributed by atoms with Crippen LogP contribution >= 0.6 is 11.6 Å².